The highest BCUT2D eigenvalue weighted by Gasteiger charge is 2.16. The third-order valence-corrected chi connectivity index (χ3v) is 2.63. The van der Waals surface area contributed by atoms with Gasteiger partial charge in [0.25, 0.3) is 5.91 Å². The number of hydrogen-bond acceptors (Lipinski definition) is 6. The number of amides is 1. The molecule has 2 rings (SSSR count). The molecule has 19 heavy (non-hydrogen) atoms. The van der Waals surface area contributed by atoms with E-state index < -0.39 is 0 Å². The Morgan fingerprint density at radius 3 is 3.05 bits per heavy atom. The summed E-state index contributed by atoms with van der Waals surface area (Å²) in [6, 6.07) is 0. The highest BCUT2D eigenvalue weighted by Crippen LogP contribution is 2.15. The summed E-state index contributed by atoms with van der Waals surface area (Å²) in [6.07, 6.45) is 3.50. The molecule has 0 fully saturated rings. The number of aromatic nitrogens is 4. The molecule has 2 heterocycles. The van der Waals surface area contributed by atoms with Crippen LogP contribution in [0.3, 0.4) is 0 Å². The van der Waals surface area contributed by atoms with Gasteiger partial charge in [0.15, 0.2) is 12.0 Å². The maximum absolute atomic E-state index is 11.9. The SMILES string of the molecule is CCCc1[nH]nc(C(=O)NCCc2ncno2)c1N. The van der Waals surface area contributed by atoms with Gasteiger partial charge in [-0.3, -0.25) is 9.89 Å². The van der Waals surface area contributed by atoms with Crippen LogP contribution in [0.15, 0.2) is 10.9 Å². The molecule has 1 amide bonds. The van der Waals surface area contributed by atoms with Crippen LogP contribution in [0.5, 0.6) is 0 Å². The van der Waals surface area contributed by atoms with Crippen LogP contribution in [0.1, 0.15) is 35.4 Å². The minimum Gasteiger partial charge on any atom is -0.395 e. The average Bonchev–Trinajstić information content (AvgIpc) is 3.01. The second kappa shape index (κ2) is 5.98. The van der Waals surface area contributed by atoms with Gasteiger partial charge >= 0.3 is 0 Å². The molecule has 2 aromatic heterocycles. The van der Waals surface area contributed by atoms with Crippen molar-refractivity contribution in [1.82, 2.24) is 25.7 Å². The van der Waals surface area contributed by atoms with Crippen molar-refractivity contribution in [2.75, 3.05) is 12.3 Å². The minimum absolute atomic E-state index is 0.231. The molecule has 8 nitrogen and oxygen atoms in total. The molecule has 8 heteroatoms. The molecule has 2 aromatic rings. The van der Waals surface area contributed by atoms with Crippen LogP contribution in [0.2, 0.25) is 0 Å². The van der Waals surface area contributed by atoms with Crippen LogP contribution >= 0.6 is 0 Å². The molecule has 0 saturated carbocycles. The number of nitrogens with two attached hydrogens (primary N) is 1. The average molecular weight is 264 g/mol. The maximum atomic E-state index is 11.9. The molecule has 0 spiro atoms. The van der Waals surface area contributed by atoms with Crippen molar-refractivity contribution < 1.29 is 9.32 Å². The Morgan fingerprint density at radius 2 is 2.37 bits per heavy atom. The summed E-state index contributed by atoms with van der Waals surface area (Å²) >= 11 is 0. The molecule has 0 aromatic carbocycles. The van der Waals surface area contributed by atoms with Gasteiger partial charge < -0.3 is 15.6 Å². The first kappa shape index (κ1) is 13.1. The number of nitrogens with one attached hydrogen (secondary N) is 2. The lowest BCUT2D eigenvalue weighted by Crippen LogP contribution is -2.26. The first-order valence-electron chi connectivity index (χ1n) is 6.08. The highest BCUT2D eigenvalue weighted by molar-refractivity contribution is 5.97. The third kappa shape index (κ3) is 3.09. The van der Waals surface area contributed by atoms with Gasteiger partial charge in [-0.25, -0.2) is 0 Å². The van der Waals surface area contributed by atoms with E-state index in [9.17, 15) is 4.79 Å². The Kier molecular flexibility index (Phi) is 4.11. The van der Waals surface area contributed by atoms with Gasteiger partial charge in [-0.2, -0.15) is 10.1 Å². The Morgan fingerprint density at radius 1 is 1.53 bits per heavy atom. The normalized spacial score (nSPS) is 10.6. The zero-order valence-corrected chi connectivity index (χ0v) is 10.6. The summed E-state index contributed by atoms with van der Waals surface area (Å²) in [7, 11) is 0. The van der Waals surface area contributed by atoms with E-state index in [-0.39, 0.29) is 11.6 Å². The fraction of sp³-hybridized carbons (Fsp3) is 0.455. The molecule has 0 aliphatic rings. The van der Waals surface area contributed by atoms with Gasteiger partial charge in [0.2, 0.25) is 5.89 Å². The highest BCUT2D eigenvalue weighted by atomic mass is 16.5. The van der Waals surface area contributed by atoms with E-state index in [1.54, 1.807) is 0 Å². The van der Waals surface area contributed by atoms with Crippen LogP contribution in [-0.2, 0) is 12.8 Å². The molecule has 0 aliphatic carbocycles. The number of carbonyl (C=O) groups excluding carboxylic acids is 1. The zero-order chi connectivity index (χ0) is 13.7. The molecule has 102 valence electrons. The van der Waals surface area contributed by atoms with E-state index in [4.69, 9.17) is 10.3 Å². The van der Waals surface area contributed by atoms with Gasteiger partial charge in [-0.05, 0) is 6.42 Å². The smallest absolute Gasteiger partial charge is 0.273 e. The van der Waals surface area contributed by atoms with E-state index in [1.165, 1.54) is 6.33 Å². The lowest BCUT2D eigenvalue weighted by Gasteiger charge is -2.01. The molecule has 0 unspecified atom stereocenters. The topological polar surface area (TPSA) is 123 Å². The van der Waals surface area contributed by atoms with Crippen LogP contribution in [0.25, 0.3) is 0 Å². The van der Waals surface area contributed by atoms with Gasteiger partial charge in [0.05, 0.1) is 11.4 Å². The molecule has 0 radical (unpaired) electrons. The van der Waals surface area contributed by atoms with Crippen LogP contribution in [-0.4, -0.2) is 32.8 Å². The molecule has 0 aliphatic heterocycles. The van der Waals surface area contributed by atoms with Gasteiger partial charge in [0, 0.05) is 13.0 Å². The first-order chi connectivity index (χ1) is 9.22. The molecule has 0 atom stereocenters. The van der Waals surface area contributed by atoms with Gasteiger partial charge in [-0.15, -0.1) is 0 Å². The monoisotopic (exact) mass is 264 g/mol. The first-order valence-corrected chi connectivity index (χ1v) is 6.08. The summed E-state index contributed by atoms with van der Waals surface area (Å²) in [5.74, 6) is 0.164. The largest absolute Gasteiger partial charge is 0.395 e. The van der Waals surface area contributed by atoms with Crippen molar-refractivity contribution in [1.29, 1.82) is 0 Å². The lowest BCUT2D eigenvalue weighted by atomic mass is 10.2. The van der Waals surface area contributed by atoms with Crippen molar-refractivity contribution >= 4 is 11.6 Å². The summed E-state index contributed by atoms with van der Waals surface area (Å²) in [4.78, 5) is 15.7. The Bertz CT molecular complexity index is 533. The molecule has 0 saturated heterocycles. The molecule has 0 bridgehead atoms. The fourth-order valence-corrected chi connectivity index (χ4v) is 1.67. The van der Waals surface area contributed by atoms with Crippen LogP contribution in [0, 0.1) is 0 Å². The van der Waals surface area contributed by atoms with E-state index in [2.05, 4.69) is 25.7 Å². The Hall–Kier alpha value is -2.38. The maximum Gasteiger partial charge on any atom is 0.273 e. The minimum atomic E-state index is -0.310. The van der Waals surface area contributed by atoms with Crippen LogP contribution in [0.4, 0.5) is 5.69 Å². The number of rotatable bonds is 6. The fourth-order valence-electron chi connectivity index (χ4n) is 1.67. The lowest BCUT2D eigenvalue weighted by molar-refractivity contribution is 0.0949. The second-order valence-electron chi connectivity index (χ2n) is 4.06. The number of nitrogens with zero attached hydrogens (tertiary/aromatic N) is 3. The molecular weight excluding hydrogens is 248 g/mol. The van der Waals surface area contributed by atoms with Crippen molar-refractivity contribution in [2.24, 2.45) is 0 Å². The number of anilines is 1. The number of H-pyrrole nitrogens is 1. The Balaban J connectivity index is 1.89. The number of nitrogen functional groups attached to an aromatic ring is 1. The quantitative estimate of drug-likeness (QED) is 0.689. The van der Waals surface area contributed by atoms with Crippen molar-refractivity contribution in [3.8, 4) is 0 Å². The van der Waals surface area contributed by atoms with Crippen LogP contribution < -0.4 is 11.1 Å². The van der Waals surface area contributed by atoms with Crippen molar-refractivity contribution in [3.05, 3.63) is 23.6 Å². The zero-order valence-electron chi connectivity index (χ0n) is 10.6. The summed E-state index contributed by atoms with van der Waals surface area (Å²) in [6.45, 7) is 2.42. The standard InChI is InChI=1S/C11H16N6O2/c1-2-3-7-9(12)10(17-16-7)11(18)13-5-4-8-14-6-15-19-8/h6H,2-5,12H2,1H3,(H,13,18)(H,16,17). The van der Waals surface area contributed by atoms with E-state index >= 15 is 0 Å². The van der Waals surface area contributed by atoms with E-state index in [1.807, 2.05) is 6.92 Å². The number of carbonyl (C=O) groups is 1. The summed E-state index contributed by atoms with van der Waals surface area (Å²) < 4.78 is 4.82. The number of aromatic amines is 1. The molecule has 4 N–H and O–H groups in total. The number of aryl methyl sites for hydroxylation is 1. The van der Waals surface area contributed by atoms with Gasteiger partial charge in [0.1, 0.15) is 0 Å². The van der Waals surface area contributed by atoms with Gasteiger partial charge in [-0.1, -0.05) is 18.5 Å². The predicted molar refractivity (Wildman–Crippen MR) is 67.3 cm³/mol. The second-order valence-corrected chi connectivity index (χ2v) is 4.06. The predicted octanol–water partition coefficient (Wildman–Crippen LogP) is 0.300. The number of hydrogen-bond donors (Lipinski definition) is 3. The van der Waals surface area contributed by atoms with Crippen molar-refractivity contribution in [2.45, 2.75) is 26.2 Å². The third-order valence-electron chi connectivity index (χ3n) is 2.63. The van der Waals surface area contributed by atoms with Crippen molar-refractivity contribution in [3.63, 3.8) is 0 Å². The summed E-state index contributed by atoms with van der Waals surface area (Å²) in [5.41, 5.74) is 7.30. The summed E-state index contributed by atoms with van der Waals surface area (Å²) in [5, 5.41) is 12.9. The molecular formula is C11H16N6O2. The van der Waals surface area contributed by atoms with E-state index in [0.717, 1.165) is 18.5 Å². The Labute approximate surface area is 109 Å². The van der Waals surface area contributed by atoms with E-state index in [0.29, 0.717) is 24.5 Å².